The number of ether oxygens (including phenoxy) is 11. The number of rotatable bonds is 15. The van der Waals surface area contributed by atoms with Crippen molar-refractivity contribution in [2.75, 3.05) is 81.3 Å². The molecule has 13 heteroatoms. The largest absolute Gasteiger partial charge is 0.493 e. The average Bonchev–Trinajstić information content (AvgIpc) is 3.80. The highest BCUT2D eigenvalue weighted by molar-refractivity contribution is 6.14. The Morgan fingerprint density at radius 3 is 2.33 bits per heavy atom. The Kier molecular flexibility index (Phi) is 11.3. The van der Waals surface area contributed by atoms with Crippen LogP contribution in [-0.4, -0.2) is 117 Å². The molecule has 2 saturated heterocycles. The molecule has 0 aromatic heterocycles. The van der Waals surface area contributed by atoms with Gasteiger partial charge >= 0.3 is 5.97 Å². The monoisotopic (exact) mass is 709 g/mol. The van der Waals surface area contributed by atoms with E-state index in [0.29, 0.717) is 62.8 Å². The molecule has 4 aliphatic heterocycles. The summed E-state index contributed by atoms with van der Waals surface area (Å²) in [6.07, 6.45) is 1.84. The number of nitrogens with zero attached hydrogens (tertiary/aromatic N) is 1. The molecule has 7 rings (SSSR count). The molecule has 3 aromatic rings. The Balaban J connectivity index is 1.19. The third kappa shape index (κ3) is 7.28. The van der Waals surface area contributed by atoms with Gasteiger partial charge in [0.15, 0.2) is 23.0 Å². The second kappa shape index (κ2) is 16.2. The maximum atomic E-state index is 13.6. The molecule has 0 unspecified atom stereocenters. The summed E-state index contributed by atoms with van der Waals surface area (Å²) in [6, 6.07) is 9.30. The summed E-state index contributed by atoms with van der Waals surface area (Å²) in [4.78, 5) is 16.0. The van der Waals surface area contributed by atoms with Gasteiger partial charge in [0.05, 0.1) is 39.6 Å². The summed E-state index contributed by atoms with van der Waals surface area (Å²) in [5.41, 5.74) is 2.40. The van der Waals surface area contributed by atoms with Crippen molar-refractivity contribution in [3.63, 3.8) is 0 Å². The van der Waals surface area contributed by atoms with Crippen molar-refractivity contribution in [3.05, 3.63) is 41.5 Å². The van der Waals surface area contributed by atoms with E-state index in [9.17, 15) is 4.79 Å². The van der Waals surface area contributed by atoms with E-state index in [0.717, 1.165) is 64.1 Å². The van der Waals surface area contributed by atoms with Crippen LogP contribution in [0.1, 0.15) is 41.6 Å². The zero-order valence-electron chi connectivity index (χ0n) is 29.7. The van der Waals surface area contributed by atoms with E-state index in [1.54, 1.807) is 28.4 Å². The van der Waals surface area contributed by atoms with E-state index in [4.69, 9.17) is 52.1 Å². The van der Waals surface area contributed by atoms with Crippen LogP contribution < -0.4 is 23.7 Å². The molecule has 0 N–H and O–H groups in total. The van der Waals surface area contributed by atoms with Gasteiger partial charge in [-0.3, -0.25) is 4.90 Å². The molecule has 0 radical (unpaired) electrons. The summed E-state index contributed by atoms with van der Waals surface area (Å²) in [5, 5.41) is 1.38. The lowest BCUT2D eigenvalue weighted by Crippen LogP contribution is -2.57. The average molecular weight is 710 g/mol. The highest BCUT2D eigenvalue weighted by Gasteiger charge is 2.45. The molecule has 0 spiro atoms. The SMILES string of the molecule is COc1cc2c(O[C@@H]3OC[C@@H](OC)[C@H](OC)[C@H]3OCCCCCCN3CCOCC3)c3c(c(-c4ccc5c(c4)OCO5)c2cc1OC)C(=O)OC3. The van der Waals surface area contributed by atoms with Crippen LogP contribution in [0.4, 0.5) is 0 Å². The second-order valence-electron chi connectivity index (χ2n) is 13.0. The molecule has 13 nitrogen and oxygen atoms in total. The van der Waals surface area contributed by atoms with Crippen LogP contribution in [0.3, 0.4) is 0 Å². The van der Waals surface area contributed by atoms with Crippen molar-refractivity contribution < 1.29 is 56.9 Å². The molecule has 4 aliphatic rings. The quantitative estimate of drug-likeness (QED) is 0.156. The van der Waals surface area contributed by atoms with Gasteiger partial charge in [-0.2, -0.15) is 0 Å². The van der Waals surface area contributed by atoms with E-state index in [2.05, 4.69) is 4.90 Å². The minimum Gasteiger partial charge on any atom is -0.493 e. The van der Waals surface area contributed by atoms with Gasteiger partial charge in [-0.25, -0.2) is 4.79 Å². The van der Waals surface area contributed by atoms with Gasteiger partial charge in [-0.15, -0.1) is 0 Å². The summed E-state index contributed by atoms with van der Waals surface area (Å²) in [7, 11) is 6.42. The van der Waals surface area contributed by atoms with Crippen LogP contribution in [0.15, 0.2) is 30.3 Å². The van der Waals surface area contributed by atoms with Crippen LogP contribution in [0.2, 0.25) is 0 Å². The number of morpholine rings is 1. The van der Waals surface area contributed by atoms with Gasteiger partial charge in [-0.05, 0) is 54.6 Å². The lowest BCUT2D eigenvalue weighted by atomic mass is 9.89. The fraction of sp³-hybridized carbons (Fsp3) is 0.553. The van der Waals surface area contributed by atoms with Crippen LogP contribution in [-0.2, 0) is 35.0 Å². The first-order valence-electron chi connectivity index (χ1n) is 17.6. The van der Waals surface area contributed by atoms with E-state index >= 15 is 0 Å². The zero-order chi connectivity index (χ0) is 35.3. The number of methoxy groups -OCH3 is 4. The Hall–Kier alpha value is -3.85. The standard InChI is InChI=1S/C38H47NO12/c1-41-28-18-24-25(19-29(28)42-2)34(26-20-47-37(40)33(26)32(24)23-9-10-27-30(17-23)50-22-49-27)51-38-36(35(44-4)31(43-3)21-48-38)46-14-8-6-5-7-11-39-12-15-45-16-13-39/h9-10,17-19,31,35-36,38H,5-8,11-16,20-22H2,1-4H3/t31-,35+,36-,38+/m1/s1. The van der Waals surface area contributed by atoms with Gasteiger partial charge in [0.2, 0.25) is 13.1 Å². The van der Waals surface area contributed by atoms with Gasteiger partial charge in [0.25, 0.3) is 0 Å². The first kappa shape index (κ1) is 35.5. The van der Waals surface area contributed by atoms with Crippen molar-refractivity contribution >= 4 is 16.7 Å². The number of hydrogen-bond acceptors (Lipinski definition) is 13. The predicted molar refractivity (Wildman–Crippen MR) is 185 cm³/mol. The number of cyclic esters (lactones) is 1. The first-order valence-corrected chi connectivity index (χ1v) is 17.6. The topological polar surface area (TPSA) is 122 Å². The van der Waals surface area contributed by atoms with Crippen LogP contribution in [0.5, 0.6) is 28.7 Å². The maximum Gasteiger partial charge on any atom is 0.339 e. The summed E-state index contributed by atoms with van der Waals surface area (Å²) < 4.78 is 65.2. The van der Waals surface area contributed by atoms with Gasteiger partial charge in [-0.1, -0.05) is 18.9 Å². The van der Waals surface area contributed by atoms with Gasteiger partial charge < -0.3 is 52.1 Å². The predicted octanol–water partition coefficient (Wildman–Crippen LogP) is 4.97. The minimum atomic E-state index is -0.879. The summed E-state index contributed by atoms with van der Waals surface area (Å²) >= 11 is 0. The van der Waals surface area contributed by atoms with Crippen LogP contribution >= 0.6 is 0 Å². The molecule has 4 heterocycles. The fourth-order valence-electron chi connectivity index (χ4n) is 7.35. The van der Waals surface area contributed by atoms with Crippen molar-refractivity contribution in [1.82, 2.24) is 4.90 Å². The number of hydrogen-bond donors (Lipinski definition) is 0. The van der Waals surface area contributed by atoms with Crippen molar-refractivity contribution in [1.29, 1.82) is 0 Å². The molecule has 3 aromatic carbocycles. The van der Waals surface area contributed by atoms with Gasteiger partial charge in [0.1, 0.15) is 30.7 Å². The van der Waals surface area contributed by atoms with E-state index < -0.39 is 24.5 Å². The minimum absolute atomic E-state index is 0.0163. The zero-order valence-corrected chi connectivity index (χ0v) is 29.7. The molecule has 4 atom stereocenters. The first-order chi connectivity index (χ1) is 25.0. The van der Waals surface area contributed by atoms with Gasteiger partial charge in [0, 0.05) is 50.4 Å². The summed E-state index contributed by atoms with van der Waals surface area (Å²) in [6.45, 7) is 5.60. The van der Waals surface area contributed by atoms with E-state index in [1.165, 1.54) is 0 Å². The molecule has 2 fully saturated rings. The molecule has 51 heavy (non-hydrogen) atoms. The maximum absolute atomic E-state index is 13.6. The second-order valence-corrected chi connectivity index (χ2v) is 13.0. The highest BCUT2D eigenvalue weighted by atomic mass is 16.7. The molecule has 276 valence electrons. The van der Waals surface area contributed by atoms with Crippen molar-refractivity contribution in [2.24, 2.45) is 0 Å². The lowest BCUT2D eigenvalue weighted by Gasteiger charge is -2.41. The summed E-state index contributed by atoms with van der Waals surface area (Å²) in [5.74, 6) is 2.19. The van der Waals surface area contributed by atoms with E-state index in [-0.39, 0.29) is 26.1 Å². The third-order valence-corrected chi connectivity index (χ3v) is 10.1. The molecule has 0 amide bonds. The normalized spacial score (nSPS) is 22.9. The highest BCUT2D eigenvalue weighted by Crippen LogP contribution is 2.49. The molecule has 0 aliphatic carbocycles. The Morgan fingerprint density at radius 2 is 1.57 bits per heavy atom. The molecular formula is C38H47NO12. The fourth-order valence-corrected chi connectivity index (χ4v) is 7.35. The Labute approximate surface area is 297 Å². The smallest absolute Gasteiger partial charge is 0.339 e. The number of benzene rings is 3. The molecule has 0 saturated carbocycles. The number of unbranched alkanes of at least 4 members (excludes halogenated alkanes) is 3. The van der Waals surface area contributed by atoms with Crippen LogP contribution in [0, 0.1) is 0 Å². The van der Waals surface area contributed by atoms with Crippen LogP contribution in [0.25, 0.3) is 21.9 Å². The van der Waals surface area contributed by atoms with E-state index in [1.807, 2.05) is 30.3 Å². The number of carbonyl (C=O) groups is 1. The Morgan fingerprint density at radius 1 is 0.804 bits per heavy atom. The molecule has 0 bridgehead atoms. The Bertz CT molecular complexity index is 1690. The molecular weight excluding hydrogens is 662 g/mol. The number of esters is 1. The van der Waals surface area contributed by atoms with Crippen molar-refractivity contribution in [3.8, 4) is 39.9 Å². The number of carbonyl (C=O) groups excluding carboxylic acids is 1. The lowest BCUT2D eigenvalue weighted by molar-refractivity contribution is -0.264. The number of fused-ring (bicyclic) bond motifs is 3. The third-order valence-electron chi connectivity index (χ3n) is 10.1. The van der Waals surface area contributed by atoms with Crippen molar-refractivity contribution in [2.45, 2.75) is 56.9 Å².